The number of hydrogen-bond acceptors (Lipinski definition) is 5. The molecule has 132 valence electrons. The third kappa shape index (κ3) is 6.36. The average molecular weight is 340 g/mol. The predicted octanol–water partition coefficient (Wildman–Crippen LogP) is 4.28. The van der Waals surface area contributed by atoms with E-state index in [0.29, 0.717) is 23.7 Å². The molecule has 0 aliphatic heterocycles. The zero-order valence-electron chi connectivity index (χ0n) is 14.7. The van der Waals surface area contributed by atoms with Crippen molar-refractivity contribution in [3.8, 4) is 29.1 Å². The highest BCUT2D eigenvalue weighted by Crippen LogP contribution is 2.30. The van der Waals surface area contributed by atoms with Crippen LogP contribution in [0.1, 0.15) is 24.8 Å². The molecule has 25 heavy (non-hydrogen) atoms. The summed E-state index contributed by atoms with van der Waals surface area (Å²) >= 11 is 0. The molecule has 2 rings (SSSR count). The minimum Gasteiger partial charge on any atom is -0.496 e. The minimum absolute atomic E-state index is 0.628. The number of unbranched alkanes of at least 4 members (excludes halogenated alkanes) is 2. The van der Waals surface area contributed by atoms with Crippen molar-refractivity contribution in [2.75, 3.05) is 20.8 Å². The van der Waals surface area contributed by atoms with Crippen molar-refractivity contribution in [1.29, 1.82) is 5.26 Å². The number of benzene rings is 2. The van der Waals surface area contributed by atoms with E-state index in [2.05, 4.69) is 11.4 Å². The summed E-state index contributed by atoms with van der Waals surface area (Å²) in [7, 11) is 3.22. The smallest absolute Gasteiger partial charge is 0.134 e. The lowest BCUT2D eigenvalue weighted by Crippen LogP contribution is -2.14. The summed E-state index contributed by atoms with van der Waals surface area (Å²) in [4.78, 5) is 0. The molecule has 0 saturated carbocycles. The molecule has 0 heterocycles. The molecule has 5 heteroatoms. The molecular weight excluding hydrogens is 316 g/mol. The molecule has 0 aliphatic carbocycles. The maximum atomic E-state index is 8.49. The molecule has 0 bridgehead atoms. The molecule has 0 unspecified atom stereocenters. The van der Waals surface area contributed by atoms with Gasteiger partial charge in [0.25, 0.3) is 0 Å². The van der Waals surface area contributed by atoms with Gasteiger partial charge in [-0.2, -0.15) is 5.26 Å². The Balaban J connectivity index is 1.87. The molecule has 5 nitrogen and oxygen atoms in total. The molecule has 0 aliphatic rings. The molecule has 0 saturated heterocycles. The molecule has 0 aromatic heterocycles. The summed E-state index contributed by atoms with van der Waals surface area (Å²) in [6.45, 7) is 1.73. The third-order valence-corrected chi connectivity index (χ3v) is 3.71. The normalized spacial score (nSPS) is 10.1. The molecule has 0 atom stereocenters. The highest BCUT2D eigenvalue weighted by atomic mass is 16.5. The van der Waals surface area contributed by atoms with Crippen molar-refractivity contribution in [2.24, 2.45) is 0 Å². The Morgan fingerprint density at radius 3 is 2.12 bits per heavy atom. The monoisotopic (exact) mass is 340 g/mol. The Hall–Kier alpha value is -2.71. The van der Waals surface area contributed by atoms with Crippen molar-refractivity contribution >= 4 is 0 Å². The number of nitrogens with one attached hydrogen (secondary N) is 1. The molecule has 0 fully saturated rings. The van der Waals surface area contributed by atoms with Crippen molar-refractivity contribution < 1.29 is 14.2 Å². The Bertz CT molecular complexity index is 671. The summed E-state index contributed by atoms with van der Waals surface area (Å²) in [5, 5.41) is 11.9. The molecule has 1 N–H and O–H groups in total. The van der Waals surface area contributed by atoms with E-state index in [4.69, 9.17) is 19.5 Å². The van der Waals surface area contributed by atoms with Gasteiger partial charge in [-0.25, -0.2) is 0 Å². The van der Waals surface area contributed by atoms with Crippen molar-refractivity contribution in [1.82, 2.24) is 5.32 Å². The number of nitriles is 1. The van der Waals surface area contributed by atoms with E-state index < -0.39 is 0 Å². The Morgan fingerprint density at radius 1 is 0.880 bits per heavy atom. The molecule has 2 aromatic carbocycles. The Labute approximate surface area is 149 Å². The van der Waals surface area contributed by atoms with Crippen LogP contribution in [0.5, 0.6) is 23.0 Å². The summed E-state index contributed by atoms with van der Waals surface area (Å²) in [5.41, 5.74) is 1.19. The van der Waals surface area contributed by atoms with Gasteiger partial charge in [-0.05, 0) is 37.1 Å². The third-order valence-electron chi connectivity index (χ3n) is 3.71. The van der Waals surface area contributed by atoms with Crippen LogP contribution in [-0.4, -0.2) is 20.8 Å². The number of ether oxygens (including phenoxy) is 3. The van der Waals surface area contributed by atoms with Crippen LogP contribution in [0.2, 0.25) is 0 Å². The van der Waals surface area contributed by atoms with Gasteiger partial charge in [0.15, 0.2) is 0 Å². The van der Waals surface area contributed by atoms with Crippen molar-refractivity contribution in [3.05, 3.63) is 48.0 Å². The van der Waals surface area contributed by atoms with Gasteiger partial charge in [-0.15, -0.1) is 0 Å². The fraction of sp³-hybridized carbons (Fsp3) is 0.350. The second kappa shape index (κ2) is 10.2. The number of hydrogen-bond donors (Lipinski definition) is 1. The van der Waals surface area contributed by atoms with E-state index in [9.17, 15) is 0 Å². The van der Waals surface area contributed by atoms with Crippen molar-refractivity contribution in [3.63, 3.8) is 0 Å². The van der Waals surface area contributed by atoms with Gasteiger partial charge in [0.1, 0.15) is 23.0 Å². The van der Waals surface area contributed by atoms with Gasteiger partial charge >= 0.3 is 0 Å². The van der Waals surface area contributed by atoms with Gasteiger partial charge in [0.05, 0.1) is 20.3 Å². The van der Waals surface area contributed by atoms with Crippen LogP contribution >= 0.6 is 0 Å². The topological polar surface area (TPSA) is 63.5 Å². The van der Waals surface area contributed by atoms with Crippen LogP contribution in [0.3, 0.4) is 0 Å². The maximum Gasteiger partial charge on any atom is 0.134 e. The van der Waals surface area contributed by atoms with Crippen LogP contribution in [0, 0.1) is 11.3 Å². The molecule has 2 aromatic rings. The first-order chi connectivity index (χ1) is 12.2. The van der Waals surface area contributed by atoms with E-state index in [1.807, 2.05) is 36.4 Å². The predicted molar refractivity (Wildman–Crippen MR) is 97.2 cm³/mol. The maximum absolute atomic E-state index is 8.49. The van der Waals surface area contributed by atoms with E-state index in [1.54, 1.807) is 20.3 Å². The molecular formula is C20H24N2O3. The second-order valence-electron chi connectivity index (χ2n) is 5.59. The van der Waals surface area contributed by atoms with Gasteiger partial charge in [0, 0.05) is 31.2 Å². The van der Waals surface area contributed by atoms with Crippen LogP contribution in [0.15, 0.2) is 42.5 Å². The zero-order valence-corrected chi connectivity index (χ0v) is 14.7. The highest BCUT2D eigenvalue weighted by molar-refractivity contribution is 5.44. The lowest BCUT2D eigenvalue weighted by atomic mass is 10.2. The van der Waals surface area contributed by atoms with E-state index >= 15 is 0 Å². The number of nitrogens with zero attached hydrogens (tertiary/aromatic N) is 1. The standard InChI is InChI=1S/C20H24N2O3/c1-23-18-12-19(24-2)14-20(13-18)25-17-8-6-16(7-9-17)15-22-11-5-3-4-10-21/h6-9,12-14,22H,3-5,11,15H2,1-2H3. The van der Waals surface area contributed by atoms with Gasteiger partial charge in [-0.1, -0.05) is 12.1 Å². The number of methoxy groups -OCH3 is 2. The molecule has 0 radical (unpaired) electrons. The molecule has 0 amide bonds. The largest absolute Gasteiger partial charge is 0.496 e. The lowest BCUT2D eigenvalue weighted by Gasteiger charge is -2.10. The van der Waals surface area contributed by atoms with Crippen LogP contribution < -0.4 is 19.5 Å². The Kier molecular flexibility index (Phi) is 7.61. The Morgan fingerprint density at radius 2 is 1.52 bits per heavy atom. The quantitative estimate of drug-likeness (QED) is 0.654. The fourth-order valence-corrected chi connectivity index (χ4v) is 2.34. The van der Waals surface area contributed by atoms with E-state index in [0.717, 1.165) is 31.7 Å². The van der Waals surface area contributed by atoms with Crippen molar-refractivity contribution in [2.45, 2.75) is 25.8 Å². The van der Waals surface area contributed by atoms with Gasteiger partial charge < -0.3 is 19.5 Å². The zero-order chi connectivity index (χ0) is 17.9. The highest BCUT2D eigenvalue weighted by Gasteiger charge is 2.04. The van der Waals surface area contributed by atoms with Crippen LogP contribution in [0.25, 0.3) is 0 Å². The summed E-state index contributed by atoms with van der Waals surface area (Å²) < 4.78 is 16.4. The minimum atomic E-state index is 0.628. The molecule has 0 spiro atoms. The average Bonchev–Trinajstić information content (AvgIpc) is 2.65. The lowest BCUT2D eigenvalue weighted by molar-refractivity contribution is 0.386. The van der Waals surface area contributed by atoms with E-state index in [-0.39, 0.29) is 0 Å². The first-order valence-corrected chi connectivity index (χ1v) is 8.32. The van der Waals surface area contributed by atoms with Gasteiger partial charge in [-0.3, -0.25) is 0 Å². The summed E-state index contributed by atoms with van der Waals surface area (Å²) in [5.74, 6) is 2.80. The van der Waals surface area contributed by atoms with Gasteiger partial charge in [0.2, 0.25) is 0 Å². The van der Waals surface area contributed by atoms with E-state index in [1.165, 1.54) is 5.56 Å². The first kappa shape index (κ1) is 18.6. The summed E-state index contributed by atoms with van der Waals surface area (Å²) in [6.07, 6.45) is 2.59. The van der Waals surface area contributed by atoms with Crippen LogP contribution in [-0.2, 0) is 6.54 Å². The fourth-order valence-electron chi connectivity index (χ4n) is 2.34. The number of rotatable bonds is 10. The first-order valence-electron chi connectivity index (χ1n) is 8.32. The second-order valence-corrected chi connectivity index (χ2v) is 5.59. The SMILES string of the molecule is COc1cc(OC)cc(Oc2ccc(CNCCCCC#N)cc2)c1. The van der Waals surface area contributed by atoms with Crippen LogP contribution in [0.4, 0.5) is 0 Å². The summed E-state index contributed by atoms with van der Waals surface area (Å²) in [6, 6.07) is 15.6.